The van der Waals surface area contributed by atoms with Crippen LogP contribution in [0.2, 0.25) is 0 Å². The molecule has 8 nitrogen and oxygen atoms in total. The van der Waals surface area contributed by atoms with Gasteiger partial charge < -0.3 is 14.2 Å². The average Bonchev–Trinajstić information content (AvgIpc) is 2.83. The van der Waals surface area contributed by atoms with Crippen molar-refractivity contribution in [1.29, 1.82) is 0 Å². The molecule has 1 atom stereocenters. The molecule has 170 valence electrons. The molecular weight excluding hydrogens is 412 g/mol. The number of unbranched alkanes of at least 4 members (excludes halogenated alkanes) is 2. The Bertz CT molecular complexity index is 928. The minimum atomic E-state index is -0.880. The zero-order valence-corrected chi connectivity index (χ0v) is 18.1. The third-order valence-corrected chi connectivity index (χ3v) is 4.90. The zero-order chi connectivity index (χ0) is 22.8. The summed E-state index contributed by atoms with van der Waals surface area (Å²) >= 11 is 0. The first-order valence-electron chi connectivity index (χ1n) is 10.8. The quantitative estimate of drug-likeness (QED) is 0.334. The normalized spacial score (nSPS) is 14.3. The first-order chi connectivity index (χ1) is 15.6. The van der Waals surface area contributed by atoms with Crippen LogP contribution in [-0.4, -0.2) is 36.9 Å². The van der Waals surface area contributed by atoms with Gasteiger partial charge in [0.25, 0.3) is 5.91 Å². The van der Waals surface area contributed by atoms with Crippen molar-refractivity contribution < 1.29 is 28.6 Å². The molecule has 2 N–H and O–H groups in total. The molecule has 1 aliphatic rings. The van der Waals surface area contributed by atoms with Crippen LogP contribution in [0.3, 0.4) is 0 Å². The summed E-state index contributed by atoms with van der Waals surface area (Å²) in [6.07, 6.45) is 2.33. The molecule has 0 saturated heterocycles. The monoisotopic (exact) mass is 440 g/mol. The Morgan fingerprint density at radius 3 is 2.47 bits per heavy atom. The highest BCUT2D eigenvalue weighted by Crippen LogP contribution is 2.30. The number of ketones is 1. The molecule has 0 aliphatic carbocycles. The van der Waals surface area contributed by atoms with Crippen molar-refractivity contribution in [2.75, 3.05) is 13.2 Å². The third kappa shape index (κ3) is 6.73. The van der Waals surface area contributed by atoms with E-state index in [4.69, 9.17) is 14.2 Å². The number of benzene rings is 2. The zero-order valence-electron chi connectivity index (χ0n) is 18.1. The van der Waals surface area contributed by atoms with Gasteiger partial charge in [0.05, 0.1) is 6.61 Å². The molecule has 2 amide bonds. The Kier molecular flexibility index (Phi) is 8.48. The van der Waals surface area contributed by atoms with Gasteiger partial charge in [-0.25, -0.2) is 0 Å². The lowest BCUT2D eigenvalue weighted by Gasteiger charge is -2.25. The highest BCUT2D eigenvalue weighted by atomic mass is 16.6. The van der Waals surface area contributed by atoms with E-state index in [9.17, 15) is 14.4 Å². The first-order valence-corrected chi connectivity index (χ1v) is 10.8. The van der Waals surface area contributed by atoms with Crippen LogP contribution in [0.4, 0.5) is 0 Å². The van der Waals surface area contributed by atoms with E-state index in [1.54, 1.807) is 48.5 Å². The average molecular weight is 440 g/mol. The van der Waals surface area contributed by atoms with E-state index >= 15 is 0 Å². The van der Waals surface area contributed by atoms with Crippen LogP contribution in [0.5, 0.6) is 17.2 Å². The highest BCUT2D eigenvalue weighted by molar-refractivity contribution is 5.98. The minimum Gasteiger partial charge on any atom is -0.494 e. The summed E-state index contributed by atoms with van der Waals surface area (Å²) in [5, 5.41) is 0. The maximum Gasteiger partial charge on any atom is 0.283 e. The number of carbonyl (C=O) groups is 3. The van der Waals surface area contributed by atoms with Gasteiger partial charge in [0.1, 0.15) is 12.4 Å². The fourth-order valence-electron chi connectivity index (χ4n) is 3.07. The van der Waals surface area contributed by atoms with Crippen molar-refractivity contribution in [2.45, 2.75) is 45.1 Å². The standard InChI is InChI=1S/C24H28N2O6/c1-2-3-6-15-30-18-11-9-17(10-12-18)19(27)13-14-23(28)25-26-24(29)22-16-31-20-7-4-5-8-21(20)32-22/h4-5,7-12,22H,2-3,6,13-16H2,1H3,(H,25,28)(H,26,29). The number of hydrogen-bond acceptors (Lipinski definition) is 6. The smallest absolute Gasteiger partial charge is 0.283 e. The number of Topliss-reactive ketones (excluding diaryl/α,β-unsaturated/α-hetero) is 1. The van der Waals surface area contributed by atoms with Crippen LogP contribution in [0.1, 0.15) is 49.4 Å². The summed E-state index contributed by atoms with van der Waals surface area (Å²) in [6.45, 7) is 2.82. The van der Waals surface area contributed by atoms with E-state index in [0.29, 0.717) is 23.7 Å². The van der Waals surface area contributed by atoms with Gasteiger partial charge in [0.15, 0.2) is 17.3 Å². The Hall–Kier alpha value is -3.55. The molecule has 2 aromatic carbocycles. The highest BCUT2D eigenvalue weighted by Gasteiger charge is 2.27. The van der Waals surface area contributed by atoms with Crippen molar-refractivity contribution in [1.82, 2.24) is 10.9 Å². The number of carbonyl (C=O) groups excluding carboxylic acids is 3. The second-order valence-electron chi connectivity index (χ2n) is 7.40. The molecular formula is C24H28N2O6. The van der Waals surface area contributed by atoms with E-state index in [-0.39, 0.29) is 25.2 Å². The Morgan fingerprint density at radius 2 is 1.72 bits per heavy atom. The summed E-state index contributed by atoms with van der Waals surface area (Å²) in [6, 6.07) is 13.9. The van der Waals surface area contributed by atoms with Gasteiger partial charge in [-0.2, -0.15) is 0 Å². The fraction of sp³-hybridized carbons (Fsp3) is 0.375. The SMILES string of the molecule is CCCCCOc1ccc(C(=O)CCC(=O)NNC(=O)C2COc3ccccc3O2)cc1. The van der Waals surface area contributed by atoms with Crippen molar-refractivity contribution >= 4 is 17.6 Å². The van der Waals surface area contributed by atoms with Gasteiger partial charge in [-0.3, -0.25) is 25.2 Å². The van der Waals surface area contributed by atoms with Gasteiger partial charge in [-0.15, -0.1) is 0 Å². The van der Waals surface area contributed by atoms with Crippen LogP contribution in [-0.2, 0) is 9.59 Å². The molecule has 0 fully saturated rings. The number of rotatable bonds is 10. The number of para-hydroxylation sites is 2. The lowest BCUT2D eigenvalue weighted by molar-refractivity contribution is -0.135. The lowest BCUT2D eigenvalue weighted by Crippen LogP contribution is -2.50. The van der Waals surface area contributed by atoms with Crippen LogP contribution in [0.15, 0.2) is 48.5 Å². The number of hydrazine groups is 1. The number of hydrogen-bond donors (Lipinski definition) is 2. The summed E-state index contributed by atoms with van der Waals surface area (Å²) in [5.41, 5.74) is 5.13. The van der Waals surface area contributed by atoms with Crippen molar-refractivity contribution in [3.63, 3.8) is 0 Å². The van der Waals surface area contributed by atoms with Gasteiger partial charge in [-0.05, 0) is 42.8 Å². The summed E-state index contributed by atoms with van der Waals surface area (Å²) in [7, 11) is 0. The van der Waals surface area contributed by atoms with Crippen LogP contribution in [0, 0.1) is 0 Å². The van der Waals surface area contributed by atoms with E-state index < -0.39 is 17.9 Å². The van der Waals surface area contributed by atoms with E-state index in [1.165, 1.54) is 0 Å². The maximum atomic E-state index is 12.3. The molecule has 1 aliphatic heterocycles. The van der Waals surface area contributed by atoms with Crippen LogP contribution in [0.25, 0.3) is 0 Å². The molecule has 32 heavy (non-hydrogen) atoms. The molecule has 1 unspecified atom stereocenters. The van der Waals surface area contributed by atoms with Crippen LogP contribution < -0.4 is 25.1 Å². The second kappa shape index (κ2) is 11.7. The van der Waals surface area contributed by atoms with Gasteiger partial charge in [-0.1, -0.05) is 31.9 Å². The summed E-state index contributed by atoms with van der Waals surface area (Å²) in [5.74, 6) is 0.580. The largest absolute Gasteiger partial charge is 0.494 e. The van der Waals surface area contributed by atoms with Gasteiger partial charge in [0, 0.05) is 18.4 Å². The summed E-state index contributed by atoms with van der Waals surface area (Å²) in [4.78, 5) is 36.5. The van der Waals surface area contributed by atoms with Gasteiger partial charge >= 0.3 is 0 Å². The predicted molar refractivity (Wildman–Crippen MR) is 118 cm³/mol. The van der Waals surface area contributed by atoms with E-state index in [1.807, 2.05) is 0 Å². The molecule has 0 spiro atoms. The number of fused-ring (bicyclic) bond motifs is 1. The maximum absolute atomic E-state index is 12.3. The molecule has 0 aromatic heterocycles. The van der Waals surface area contributed by atoms with E-state index in [2.05, 4.69) is 17.8 Å². The molecule has 2 aromatic rings. The summed E-state index contributed by atoms with van der Waals surface area (Å²) < 4.78 is 16.7. The second-order valence-corrected chi connectivity index (χ2v) is 7.40. The van der Waals surface area contributed by atoms with Crippen molar-refractivity contribution in [2.24, 2.45) is 0 Å². The third-order valence-electron chi connectivity index (χ3n) is 4.90. The van der Waals surface area contributed by atoms with Crippen LogP contribution >= 0.6 is 0 Å². The molecule has 3 rings (SSSR count). The molecule has 8 heteroatoms. The Balaban J connectivity index is 1.36. The Morgan fingerprint density at radius 1 is 0.969 bits per heavy atom. The van der Waals surface area contributed by atoms with Crippen molar-refractivity contribution in [3.8, 4) is 17.2 Å². The first kappa shape index (κ1) is 23.1. The van der Waals surface area contributed by atoms with Crippen molar-refractivity contribution in [3.05, 3.63) is 54.1 Å². The lowest BCUT2D eigenvalue weighted by atomic mass is 10.1. The predicted octanol–water partition coefficient (Wildman–Crippen LogP) is 3.21. The number of ether oxygens (including phenoxy) is 3. The molecule has 1 heterocycles. The van der Waals surface area contributed by atoms with Gasteiger partial charge in [0.2, 0.25) is 12.0 Å². The fourth-order valence-corrected chi connectivity index (χ4v) is 3.07. The Labute approximate surface area is 187 Å². The molecule has 0 radical (unpaired) electrons. The van der Waals surface area contributed by atoms with E-state index in [0.717, 1.165) is 25.0 Å². The molecule has 0 bridgehead atoms. The minimum absolute atomic E-state index is 0.0226. The number of nitrogens with one attached hydrogen (secondary N) is 2. The topological polar surface area (TPSA) is 103 Å². The number of amides is 2. The molecule has 0 saturated carbocycles.